The Hall–Kier alpha value is -0.640. The maximum Gasteiger partial charge on any atom is 0.108 e. The molecule has 90 valence electrons. The summed E-state index contributed by atoms with van der Waals surface area (Å²) in [5.74, 6) is 0. The maximum atomic E-state index is 9.30. The van der Waals surface area contributed by atoms with Gasteiger partial charge in [-0.1, -0.05) is 18.7 Å². The standard InChI is InChI=1S/C13H20O3/c1-8-6-11-4-5-12(16-11)13(8)15-10(3)7-9(2)14/h4-5,9-14H,1,6-7H2,2-3H3/t9?,10?,11-,12+,13?/m1/s1. The molecule has 1 saturated heterocycles. The van der Waals surface area contributed by atoms with E-state index in [1.807, 2.05) is 6.92 Å². The van der Waals surface area contributed by atoms with Gasteiger partial charge in [0.05, 0.1) is 18.3 Å². The van der Waals surface area contributed by atoms with E-state index in [2.05, 4.69) is 18.7 Å². The Labute approximate surface area is 96.7 Å². The molecular weight excluding hydrogens is 204 g/mol. The minimum atomic E-state index is -0.334. The number of hydrogen-bond donors (Lipinski definition) is 1. The van der Waals surface area contributed by atoms with E-state index in [1.165, 1.54) is 0 Å². The summed E-state index contributed by atoms with van der Waals surface area (Å²) in [7, 11) is 0. The molecule has 0 saturated carbocycles. The highest BCUT2D eigenvalue weighted by Gasteiger charge is 2.36. The first-order chi connectivity index (χ1) is 7.56. The minimum Gasteiger partial charge on any atom is -0.393 e. The molecule has 2 aliphatic rings. The first-order valence-electron chi connectivity index (χ1n) is 5.91. The molecule has 0 amide bonds. The first-order valence-corrected chi connectivity index (χ1v) is 5.91. The molecule has 1 fully saturated rings. The topological polar surface area (TPSA) is 38.7 Å². The lowest BCUT2D eigenvalue weighted by Crippen LogP contribution is -2.39. The number of aliphatic hydroxyl groups excluding tert-OH is 1. The van der Waals surface area contributed by atoms with Gasteiger partial charge in [-0.05, 0) is 25.8 Å². The molecular formula is C13H20O3. The van der Waals surface area contributed by atoms with Crippen LogP contribution >= 0.6 is 0 Å². The molecule has 2 bridgehead atoms. The summed E-state index contributed by atoms with van der Waals surface area (Å²) in [6.07, 6.45) is 5.48. The zero-order valence-electron chi connectivity index (χ0n) is 9.93. The largest absolute Gasteiger partial charge is 0.393 e. The van der Waals surface area contributed by atoms with E-state index in [0.717, 1.165) is 12.0 Å². The van der Waals surface area contributed by atoms with Crippen LogP contribution in [0.1, 0.15) is 26.7 Å². The molecule has 16 heavy (non-hydrogen) atoms. The first kappa shape index (κ1) is 11.8. The molecule has 0 aromatic rings. The summed E-state index contributed by atoms with van der Waals surface area (Å²) in [6.45, 7) is 7.81. The van der Waals surface area contributed by atoms with Crippen LogP contribution in [0.3, 0.4) is 0 Å². The summed E-state index contributed by atoms with van der Waals surface area (Å²) < 4.78 is 11.6. The van der Waals surface area contributed by atoms with Gasteiger partial charge < -0.3 is 14.6 Å². The van der Waals surface area contributed by atoms with Gasteiger partial charge in [0.2, 0.25) is 0 Å². The van der Waals surface area contributed by atoms with Crippen LogP contribution in [0, 0.1) is 0 Å². The lowest BCUT2D eigenvalue weighted by atomic mass is 10.00. The Balaban J connectivity index is 1.92. The van der Waals surface area contributed by atoms with Crippen LogP contribution in [0.5, 0.6) is 0 Å². The van der Waals surface area contributed by atoms with Crippen molar-refractivity contribution in [3.63, 3.8) is 0 Å². The highest BCUT2D eigenvalue weighted by atomic mass is 16.6. The second-order valence-electron chi connectivity index (χ2n) is 4.84. The van der Waals surface area contributed by atoms with Crippen molar-refractivity contribution in [2.45, 2.75) is 57.2 Å². The third kappa shape index (κ3) is 2.54. The van der Waals surface area contributed by atoms with Crippen LogP contribution in [0.15, 0.2) is 24.3 Å². The molecule has 2 rings (SSSR count). The van der Waals surface area contributed by atoms with E-state index in [-0.39, 0.29) is 30.5 Å². The highest BCUT2D eigenvalue weighted by molar-refractivity contribution is 5.22. The van der Waals surface area contributed by atoms with Gasteiger partial charge in [0, 0.05) is 6.42 Å². The Kier molecular flexibility index (Phi) is 3.47. The van der Waals surface area contributed by atoms with E-state index >= 15 is 0 Å². The zero-order chi connectivity index (χ0) is 11.7. The molecule has 3 nitrogen and oxygen atoms in total. The number of fused-ring (bicyclic) bond motifs is 2. The second kappa shape index (κ2) is 4.70. The fourth-order valence-electron chi connectivity index (χ4n) is 2.38. The number of ether oxygens (including phenoxy) is 2. The molecule has 0 aromatic carbocycles. The van der Waals surface area contributed by atoms with Gasteiger partial charge in [0.25, 0.3) is 0 Å². The molecule has 3 heteroatoms. The van der Waals surface area contributed by atoms with Crippen molar-refractivity contribution in [1.82, 2.24) is 0 Å². The highest BCUT2D eigenvalue weighted by Crippen LogP contribution is 2.33. The third-order valence-corrected chi connectivity index (χ3v) is 3.06. The van der Waals surface area contributed by atoms with E-state index in [0.29, 0.717) is 6.42 Å². The SMILES string of the molecule is C=C1C[C@H]2C=C[C@H](O2)C1OC(C)CC(C)O. The van der Waals surface area contributed by atoms with Gasteiger partial charge >= 0.3 is 0 Å². The fraction of sp³-hybridized carbons (Fsp3) is 0.692. The summed E-state index contributed by atoms with van der Waals surface area (Å²) in [5, 5.41) is 9.30. The predicted molar refractivity (Wildman–Crippen MR) is 62.2 cm³/mol. The third-order valence-electron chi connectivity index (χ3n) is 3.06. The average molecular weight is 224 g/mol. The lowest BCUT2D eigenvalue weighted by Gasteiger charge is -2.33. The van der Waals surface area contributed by atoms with Crippen LogP contribution < -0.4 is 0 Å². The summed E-state index contributed by atoms with van der Waals surface area (Å²) in [5.41, 5.74) is 1.10. The molecule has 0 aromatic heterocycles. The van der Waals surface area contributed by atoms with Gasteiger partial charge in [-0.15, -0.1) is 0 Å². The Morgan fingerprint density at radius 1 is 1.56 bits per heavy atom. The average Bonchev–Trinajstić information content (AvgIpc) is 2.55. The molecule has 2 aliphatic heterocycles. The van der Waals surface area contributed by atoms with Gasteiger partial charge in [-0.3, -0.25) is 0 Å². The molecule has 0 spiro atoms. The smallest absolute Gasteiger partial charge is 0.108 e. The second-order valence-corrected chi connectivity index (χ2v) is 4.84. The van der Waals surface area contributed by atoms with Gasteiger partial charge in [0.1, 0.15) is 12.2 Å². The van der Waals surface area contributed by atoms with Crippen LogP contribution in [-0.2, 0) is 9.47 Å². The molecule has 3 unspecified atom stereocenters. The summed E-state index contributed by atoms with van der Waals surface area (Å²) in [4.78, 5) is 0. The Morgan fingerprint density at radius 2 is 2.31 bits per heavy atom. The number of rotatable bonds is 4. The van der Waals surface area contributed by atoms with Gasteiger partial charge in [0.15, 0.2) is 0 Å². The molecule has 0 aliphatic carbocycles. The van der Waals surface area contributed by atoms with Gasteiger partial charge in [-0.25, -0.2) is 0 Å². The van der Waals surface area contributed by atoms with Crippen molar-refractivity contribution in [3.05, 3.63) is 24.3 Å². The van der Waals surface area contributed by atoms with Crippen molar-refractivity contribution in [2.75, 3.05) is 0 Å². The monoisotopic (exact) mass is 224 g/mol. The van der Waals surface area contributed by atoms with Crippen LogP contribution in [0.2, 0.25) is 0 Å². The molecule has 5 atom stereocenters. The van der Waals surface area contributed by atoms with Crippen molar-refractivity contribution >= 4 is 0 Å². The Bertz CT molecular complexity index is 296. The minimum absolute atomic E-state index is 0.0164. The van der Waals surface area contributed by atoms with E-state index in [9.17, 15) is 5.11 Å². The number of aliphatic hydroxyl groups is 1. The molecule has 0 radical (unpaired) electrons. The van der Waals surface area contributed by atoms with Crippen LogP contribution in [0.25, 0.3) is 0 Å². The van der Waals surface area contributed by atoms with Crippen LogP contribution in [0.4, 0.5) is 0 Å². The predicted octanol–water partition coefficient (Wildman–Crippen LogP) is 1.81. The summed E-state index contributed by atoms with van der Waals surface area (Å²) in [6, 6.07) is 0. The summed E-state index contributed by atoms with van der Waals surface area (Å²) >= 11 is 0. The van der Waals surface area contributed by atoms with Crippen molar-refractivity contribution in [1.29, 1.82) is 0 Å². The quantitative estimate of drug-likeness (QED) is 0.740. The van der Waals surface area contributed by atoms with E-state index < -0.39 is 0 Å². The maximum absolute atomic E-state index is 9.30. The van der Waals surface area contributed by atoms with E-state index in [4.69, 9.17) is 9.47 Å². The normalized spacial score (nSPS) is 36.4. The zero-order valence-corrected chi connectivity index (χ0v) is 9.93. The molecule has 1 N–H and O–H groups in total. The van der Waals surface area contributed by atoms with Gasteiger partial charge in [-0.2, -0.15) is 0 Å². The number of hydrogen-bond acceptors (Lipinski definition) is 3. The molecule has 2 heterocycles. The Morgan fingerprint density at radius 3 is 3.00 bits per heavy atom. The fourth-order valence-corrected chi connectivity index (χ4v) is 2.38. The van der Waals surface area contributed by atoms with Crippen molar-refractivity contribution in [3.8, 4) is 0 Å². The van der Waals surface area contributed by atoms with Crippen LogP contribution in [-0.4, -0.2) is 35.6 Å². The van der Waals surface area contributed by atoms with Crippen molar-refractivity contribution < 1.29 is 14.6 Å². The van der Waals surface area contributed by atoms with E-state index in [1.54, 1.807) is 6.92 Å². The lowest BCUT2D eigenvalue weighted by molar-refractivity contribution is -0.0957. The van der Waals surface area contributed by atoms with Crippen molar-refractivity contribution in [2.24, 2.45) is 0 Å².